The molecule has 1 aromatic heterocycles. The number of thiazole rings is 1. The number of hydrogen-bond acceptors (Lipinski definition) is 5. The van der Waals surface area contributed by atoms with Gasteiger partial charge in [-0.2, -0.15) is 0 Å². The molecule has 3 amide bonds. The highest BCUT2D eigenvalue weighted by Crippen LogP contribution is 2.29. The number of anilines is 3. The monoisotopic (exact) mass is 420 g/mol. The molecule has 2 heterocycles. The van der Waals surface area contributed by atoms with E-state index in [0.717, 1.165) is 11.3 Å². The molecular weight excluding hydrogens is 400 g/mol. The fraction of sp³-hybridized carbons (Fsp3) is 0.182. The minimum absolute atomic E-state index is 0.105. The number of rotatable bonds is 5. The van der Waals surface area contributed by atoms with Crippen LogP contribution in [0.1, 0.15) is 13.3 Å². The number of nitrogens with one attached hydrogen (secondary N) is 2. The van der Waals surface area contributed by atoms with E-state index in [1.54, 1.807) is 29.2 Å². The van der Waals surface area contributed by atoms with Gasteiger partial charge in [0.2, 0.25) is 17.7 Å². The molecule has 1 aliphatic rings. The van der Waals surface area contributed by atoms with Gasteiger partial charge in [0.1, 0.15) is 0 Å². The number of carbonyl (C=O) groups excluding carboxylic acids is 3. The summed E-state index contributed by atoms with van der Waals surface area (Å²) >= 11 is 1.36. The second-order valence-corrected chi connectivity index (χ2v) is 7.88. The van der Waals surface area contributed by atoms with Crippen molar-refractivity contribution < 1.29 is 14.4 Å². The maximum absolute atomic E-state index is 12.7. The Hall–Kier alpha value is -3.52. The van der Waals surface area contributed by atoms with Crippen molar-refractivity contribution in [2.45, 2.75) is 13.3 Å². The van der Waals surface area contributed by atoms with Gasteiger partial charge in [0.05, 0.1) is 11.6 Å². The van der Waals surface area contributed by atoms with Gasteiger partial charge >= 0.3 is 0 Å². The lowest BCUT2D eigenvalue weighted by atomic mass is 10.1. The Balaban J connectivity index is 1.40. The van der Waals surface area contributed by atoms with Crippen molar-refractivity contribution in [2.75, 3.05) is 22.1 Å². The van der Waals surface area contributed by atoms with Crippen molar-refractivity contribution in [3.8, 4) is 11.3 Å². The summed E-state index contributed by atoms with van der Waals surface area (Å²) < 4.78 is 0. The molecule has 7 nitrogen and oxygen atoms in total. The lowest BCUT2D eigenvalue weighted by molar-refractivity contribution is -0.122. The second-order valence-electron chi connectivity index (χ2n) is 7.03. The van der Waals surface area contributed by atoms with Gasteiger partial charge in [-0.15, -0.1) is 11.3 Å². The minimum atomic E-state index is -0.448. The fourth-order valence-electron chi connectivity index (χ4n) is 3.34. The number of amides is 3. The van der Waals surface area contributed by atoms with E-state index >= 15 is 0 Å². The van der Waals surface area contributed by atoms with Crippen LogP contribution in [0.4, 0.5) is 16.5 Å². The molecule has 4 rings (SSSR count). The van der Waals surface area contributed by atoms with E-state index in [1.807, 2.05) is 35.7 Å². The van der Waals surface area contributed by atoms with Gasteiger partial charge in [0.25, 0.3) is 0 Å². The summed E-state index contributed by atoms with van der Waals surface area (Å²) in [5.41, 5.74) is 3.15. The molecule has 1 saturated heterocycles. The van der Waals surface area contributed by atoms with E-state index in [2.05, 4.69) is 15.6 Å². The van der Waals surface area contributed by atoms with Crippen molar-refractivity contribution in [1.29, 1.82) is 0 Å². The lowest BCUT2D eigenvalue weighted by Crippen LogP contribution is -2.28. The number of hydrogen-bond donors (Lipinski definition) is 2. The molecule has 0 bridgehead atoms. The number of carbonyl (C=O) groups is 3. The van der Waals surface area contributed by atoms with Gasteiger partial charge in [-0.05, 0) is 24.3 Å². The first-order chi connectivity index (χ1) is 14.5. The summed E-state index contributed by atoms with van der Waals surface area (Å²) in [6.07, 6.45) is 0.149. The van der Waals surface area contributed by atoms with E-state index in [1.165, 1.54) is 18.3 Å². The van der Waals surface area contributed by atoms with Crippen LogP contribution in [0.3, 0.4) is 0 Å². The van der Waals surface area contributed by atoms with Crippen molar-refractivity contribution >= 4 is 45.6 Å². The molecule has 30 heavy (non-hydrogen) atoms. The molecule has 1 fully saturated rings. The highest BCUT2D eigenvalue weighted by atomic mass is 32.1. The summed E-state index contributed by atoms with van der Waals surface area (Å²) in [7, 11) is 0. The molecule has 0 saturated carbocycles. The normalized spacial score (nSPS) is 15.8. The van der Waals surface area contributed by atoms with Crippen LogP contribution in [0.15, 0.2) is 60.0 Å². The summed E-state index contributed by atoms with van der Waals surface area (Å²) in [6, 6.07) is 16.7. The Morgan fingerprint density at radius 1 is 1.07 bits per heavy atom. The topological polar surface area (TPSA) is 91.4 Å². The third kappa shape index (κ3) is 4.38. The molecule has 1 aliphatic heterocycles. The zero-order valence-electron chi connectivity index (χ0n) is 16.3. The maximum atomic E-state index is 12.7. The van der Waals surface area contributed by atoms with Gasteiger partial charge in [0, 0.05) is 42.2 Å². The van der Waals surface area contributed by atoms with E-state index in [4.69, 9.17) is 0 Å². The third-order valence-corrected chi connectivity index (χ3v) is 5.56. The van der Waals surface area contributed by atoms with Crippen LogP contribution in [0.25, 0.3) is 11.3 Å². The second kappa shape index (κ2) is 8.46. The highest BCUT2D eigenvalue weighted by molar-refractivity contribution is 7.14. The van der Waals surface area contributed by atoms with Crippen LogP contribution in [-0.4, -0.2) is 29.3 Å². The average Bonchev–Trinajstić information content (AvgIpc) is 3.36. The molecule has 1 atom stereocenters. The van der Waals surface area contributed by atoms with Gasteiger partial charge in [-0.1, -0.05) is 30.3 Å². The smallest absolute Gasteiger partial charge is 0.231 e. The van der Waals surface area contributed by atoms with E-state index < -0.39 is 5.92 Å². The SMILES string of the molecule is CC(=O)Nc1ccc(N2CC(C(=O)Nc3nc(-c4ccccc4)cs3)CC2=O)cc1. The Labute approximate surface area is 177 Å². The first-order valence-corrected chi connectivity index (χ1v) is 10.4. The summed E-state index contributed by atoms with van der Waals surface area (Å²) in [4.78, 5) is 42.3. The molecule has 2 aromatic carbocycles. The van der Waals surface area contributed by atoms with E-state index in [9.17, 15) is 14.4 Å². The van der Waals surface area contributed by atoms with Gasteiger partial charge in [-0.25, -0.2) is 4.98 Å². The first-order valence-electron chi connectivity index (χ1n) is 9.49. The Bertz CT molecular complexity index is 1080. The molecule has 8 heteroatoms. The van der Waals surface area contributed by atoms with Crippen molar-refractivity contribution in [1.82, 2.24) is 4.98 Å². The standard InChI is InChI=1S/C22H20N4O3S/c1-14(27)23-17-7-9-18(10-8-17)26-12-16(11-20(26)28)21(29)25-22-24-19(13-30-22)15-5-3-2-4-6-15/h2-10,13,16H,11-12H2,1H3,(H,23,27)(H,24,25,29). The lowest BCUT2D eigenvalue weighted by Gasteiger charge is -2.17. The Morgan fingerprint density at radius 2 is 1.80 bits per heavy atom. The van der Waals surface area contributed by atoms with Gasteiger partial charge in [-0.3, -0.25) is 14.4 Å². The summed E-state index contributed by atoms with van der Waals surface area (Å²) in [5.74, 6) is -0.924. The average molecular weight is 420 g/mol. The van der Waals surface area contributed by atoms with Crippen molar-refractivity contribution in [2.24, 2.45) is 5.92 Å². The number of aromatic nitrogens is 1. The zero-order chi connectivity index (χ0) is 21.1. The fourth-order valence-corrected chi connectivity index (χ4v) is 4.06. The van der Waals surface area contributed by atoms with Crippen molar-refractivity contribution in [3.63, 3.8) is 0 Å². The van der Waals surface area contributed by atoms with Crippen LogP contribution in [0.5, 0.6) is 0 Å². The summed E-state index contributed by atoms with van der Waals surface area (Å²) in [5, 5.41) is 7.94. The first kappa shape index (κ1) is 19.8. The van der Waals surface area contributed by atoms with E-state index in [0.29, 0.717) is 23.1 Å². The van der Waals surface area contributed by atoms with Crippen LogP contribution in [0.2, 0.25) is 0 Å². The molecule has 1 unspecified atom stereocenters. The predicted molar refractivity (Wildman–Crippen MR) is 117 cm³/mol. The van der Waals surface area contributed by atoms with Crippen LogP contribution in [-0.2, 0) is 14.4 Å². The number of nitrogens with zero attached hydrogens (tertiary/aromatic N) is 2. The zero-order valence-corrected chi connectivity index (χ0v) is 17.1. The molecule has 0 aliphatic carbocycles. The van der Waals surface area contributed by atoms with Gasteiger partial charge < -0.3 is 15.5 Å². The van der Waals surface area contributed by atoms with Crippen molar-refractivity contribution in [3.05, 3.63) is 60.0 Å². The summed E-state index contributed by atoms with van der Waals surface area (Å²) in [6.45, 7) is 1.74. The Morgan fingerprint density at radius 3 is 2.50 bits per heavy atom. The third-order valence-electron chi connectivity index (χ3n) is 4.80. The molecule has 0 radical (unpaired) electrons. The van der Waals surface area contributed by atoms with Crippen LogP contribution < -0.4 is 15.5 Å². The van der Waals surface area contributed by atoms with Gasteiger partial charge in [0.15, 0.2) is 5.13 Å². The molecule has 0 spiro atoms. The number of benzene rings is 2. The maximum Gasteiger partial charge on any atom is 0.231 e. The Kier molecular flexibility index (Phi) is 5.58. The highest BCUT2D eigenvalue weighted by Gasteiger charge is 2.35. The molecular formula is C22H20N4O3S. The quantitative estimate of drug-likeness (QED) is 0.657. The molecule has 3 aromatic rings. The molecule has 152 valence electrons. The largest absolute Gasteiger partial charge is 0.326 e. The van der Waals surface area contributed by atoms with Crippen LogP contribution >= 0.6 is 11.3 Å². The minimum Gasteiger partial charge on any atom is -0.326 e. The van der Waals surface area contributed by atoms with Crippen LogP contribution in [0, 0.1) is 5.92 Å². The predicted octanol–water partition coefficient (Wildman–Crippen LogP) is 3.76. The van der Waals surface area contributed by atoms with E-state index in [-0.39, 0.29) is 24.1 Å². The molecule has 2 N–H and O–H groups in total.